The van der Waals surface area contributed by atoms with Gasteiger partial charge in [0.05, 0.1) is 22.4 Å². The zero-order valence-corrected chi connectivity index (χ0v) is 26.0. The van der Waals surface area contributed by atoms with E-state index >= 15 is 0 Å². The Morgan fingerprint density at radius 3 is 1.65 bits per heavy atom. The van der Waals surface area contributed by atoms with Crippen molar-refractivity contribution in [3.63, 3.8) is 0 Å². The van der Waals surface area contributed by atoms with E-state index in [4.69, 9.17) is 9.40 Å². The van der Waals surface area contributed by atoms with Crippen LogP contribution in [0.4, 0.5) is 0 Å². The van der Waals surface area contributed by atoms with Gasteiger partial charge in [-0.3, -0.25) is 0 Å². The Hall–Kier alpha value is -6.45. The van der Waals surface area contributed by atoms with Crippen LogP contribution in [0.15, 0.2) is 174 Å². The molecule has 0 bridgehead atoms. The summed E-state index contributed by atoms with van der Waals surface area (Å²) < 4.78 is 9.16. The second-order valence-corrected chi connectivity index (χ2v) is 12.3. The minimum absolute atomic E-state index is 0.898. The molecule has 10 aromatic rings. The minimum atomic E-state index is 0.898. The molecule has 0 atom stereocenters. The van der Waals surface area contributed by atoms with E-state index in [2.05, 4.69) is 156 Å². The number of aromatic nitrogens is 2. The van der Waals surface area contributed by atoms with Crippen molar-refractivity contribution < 1.29 is 4.42 Å². The van der Waals surface area contributed by atoms with Crippen LogP contribution in [0.3, 0.4) is 0 Å². The summed E-state index contributed by atoms with van der Waals surface area (Å²) in [7, 11) is 0. The molecule has 0 fully saturated rings. The molecule has 3 aromatic heterocycles. The third kappa shape index (κ3) is 4.04. The molecule has 0 saturated heterocycles. The van der Waals surface area contributed by atoms with Gasteiger partial charge >= 0.3 is 0 Å². The predicted octanol–water partition coefficient (Wildman–Crippen LogP) is 12.2. The second-order valence-electron chi connectivity index (χ2n) is 12.3. The van der Waals surface area contributed by atoms with Gasteiger partial charge in [-0.25, -0.2) is 4.98 Å². The highest BCUT2D eigenvalue weighted by molar-refractivity contribution is 6.35. The topological polar surface area (TPSA) is 31.0 Å². The monoisotopic (exact) mass is 612 g/mol. The summed E-state index contributed by atoms with van der Waals surface area (Å²) in [5, 5.41) is 7.08. The number of pyridine rings is 1. The van der Waals surface area contributed by atoms with Crippen LogP contribution in [-0.2, 0) is 0 Å². The Bertz CT molecular complexity index is 2750. The van der Waals surface area contributed by atoms with Crippen LogP contribution < -0.4 is 0 Å². The second kappa shape index (κ2) is 10.5. The first kappa shape index (κ1) is 26.7. The summed E-state index contributed by atoms with van der Waals surface area (Å²) in [4.78, 5) is 5.13. The van der Waals surface area contributed by atoms with E-state index in [0.29, 0.717) is 0 Å². The van der Waals surface area contributed by atoms with E-state index in [1.807, 2.05) is 18.2 Å². The van der Waals surface area contributed by atoms with Crippen molar-refractivity contribution in [2.45, 2.75) is 0 Å². The number of hydrogen-bond acceptors (Lipinski definition) is 2. The quantitative estimate of drug-likeness (QED) is 0.198. The fraction of sp³-hybridized carbons (Fsp3) is 0. The molecule has 7 aromatic carbocycles. The molecule has 0 aliphatic carbocycles. The number of furan rings is 1. The lowest BCUT2D eigenvalue weighted by atomic mass is 9.96. The molecule has 0 amide bonds. The van der Waals surface area contributed by atoms with E-state index in [0.717, 1.165) is 72.3 Å². The van der Waals surface area contributed by atoms with Crippen LogP contribution in [0.5, 0.6) is 0 Å². The van der Waals surface area contributed by atoms with E-state index < -0.39 is 0 Å². The lowest BCUT2D eigenvalue weighted by Gasteiger charge is -2.11. The smallest absolute Gasteiger partial charge is 0.160 e. The van der Waals surface area contributed by atoms with Gasteiger partial charge in [0.25, 0.3) is 0 Å². The molecule has 3 nitrogen and oxygen atoms in total. The van der Waals surface area contributed by atoms with Gasteiger partial charge in [-0.15, -0.1) is 0 Å². The number of hydrogen-bond donors (Lipinski definition) is 0. The van der Waals surface area contributed by atoms with Gasteiger partial charge in [-0.2, -0.15) is 0 Å². The number of para-hydroxylation sites is 2. The molecule has 10 rings (SSSR count). The summed E-state index contributed by atoms with van der Waals surface area (Å²) in [6.45, 7) is 0. The third-order valence-electron chi connectivity index (χ3n) is 9.56. The van der Waals surface area contributed by atoms with Crippen molar-refractivity contribution in [3.8, 4) is 39.3 Å². The summed E-state index contributed by atoms with van der Waals surface area (Å²) in [5.74, 6) is 0. The first-order valence-corrected chi connectivity index (χ1v) is 16.3. The normalized spacial score (nSPS) is 11.8. The maximum absolute atomic E-state index is 6.78. The maximum Gasteiger partial charge on any atom is 0.160 e. The van der Waals surface area contributed by atoms with Crippen LogP contribution in [0.2, 0.25) is 0 Å². The minimum Gasteiger partial charge on any atom is -0.454 e. The summed E-state index contributed by atoms with van der Waals surface area (Å²) >= 11 is 0. The van der Waals surface area contributed by atoms with E-state index in [1.54, 1.807) is 0 Å². The zero-order valence-electron chi connectivity index (χ0n) is 26.0. The molecular weight excluding hydrogens is 585 g/mol. The van der Waals surface area contributed by atoms with Gasteiger partial charge in [0.15, 0.2) is 5.58 Å². The first-order valence-electron chi connectivity index (χ1n) is 16.3. The molecule has 0 N–H and O–H groups in total. The standard InChI is InChI=1S/C45H28N2O/c1-4-14-29(15-5-1)38-27-32(28-39(46-38)30-16-6-2-7-17-30)31-24-25-40-37(26-31)42-34-20-10-11-21-35(34)43-36-22-12-13-23-41(36)48-45(43)44(42)47(40)33-18-8-3-9-19-33/h1-28H. The molecule has 0 radical (unpaired) electrons. The molecule has 224 valence electrons. The van der Waals surface area contributed by atoms with E-state index in [9.17, 15) is 0 Å². The van der Waals surface area contributed by atoms with Gasteiger partial charge in [-0.05, 0) is 64.4 Å². The number of rotatable bonds is 4. The Labute approximate surface area is 277 Å². The Balaban J connectivity index is 1.33. The number of nitrogens with zero attached hydrogens (tertiary/aromatic N) is 2. The van der Waals surface area contributed by atoms with Gasteiger partial charge in [0.1, 0.15) is 5.58 Å². The van der Waals surface area contributed by atoms with Crippen molar-refractivity contribution in [2.75, 3.05) is 0 Å². The Morgan fingerprint density at radius 2 is 0.979 bits per heavy atom. The van der Waals surface area contributed by atoms with Crippen LogP contribution in [0.25, 0.3) is 93.8 Å². The highest BCUT2D eigenvalue weighted by atomic mass is 16.3. The fourth-order valence-corrected chi connectivity index (χ4v) is 7.41. The van der Waals surface area contributed by atoms with Crippen LogP contribution in [0, 0.1) is 0 Å². The van der Waals surface area contributed by atoms with Crippen molar-refractivity contribution >= 4 is 54.5 Å². The van der Waals surface area contributed by atoms with Gasteiger partial charge in [-0.1, -0.05) is 127 Å². The van der Waals surface area contributed by atoms with Gasteiger partial charge in [0, 0.05) is 38.4 Å². The highest BCUT2D eigenvalue weighted by Crippen LogP contribution is 2.46. The maximum atomic E-state index is 6.78. The number of benzene rings is 7. The molecule has 0 unspecified atom stereocenters. The van der Waals surface area contributed by atoms with Crippen LogP contribution in [-0.4, -0.2) is 9.55 Å². The Morgan fingerprint density at radius 1 is 0.417 bits per heavy atom. The highest BCUT2D eigenvalue weighted by Gasteiger charge is 2.23. The largest absolute Gasteiger partial charge is 0.454 e. The molecule has 48 heavy (non-hydrogen) atoms. The first-order chi connectivity index (χ1) is 23.8. The van der Waals surface area contributed by atoms with Crippen molar-refractivity contribution in [1.82, 2.24) is 9.55 Å². The SMILES string of the molecule is c1ccc(-c2cc(-c3ccc4c(c3)c3c5ccccc5c5c6ccccc6oc5c3n4-c3ccccc3)cc(-c3ccccc3)n2)cc1. The van der Waals surface area contributed by atoms with E-state index in [1.165, 1.54) is 21.5 Å². The molecular formula is C45H28N2O. The molecule has 0 saturated carbocycles. The summed E-state index contributed by atoms with van der Waals surface area (Å²) in [6.07, 6.45) is 0. The zero-order chi connectivity index (χ0) is 31.6. The van der Waals surface area contributed by atoms with Crippen LogP contribution in [0.1, 0.15) is 0 Å². The van der Waals surface area contributed by atoms with Crippen molar-refractivity contribution in [2.24, 2.45) is 0 Å². The van der Waals surface area contributed by atoms with Crippen LogP contribution >= 0.6 is 0 Å². The third-order valence-corrected chi connectivity index (χ3v) is 9.56. The molecule has 3 heterocycles. The summed E-state index contributed by atoms with van der Waals surface area (Å²) in [6, 6.07) is 60.0. The predicted molar refractivity (Wildman–Crippen MR) is 200 cm³/mol. The van der Waals surface area contributed by atoms with Crippen molar-refractivity contribution in [1.29, 1.82) is 0 Å². The molecule has 0 spiro atoms. The molecule has 0 aliphatic rings. The average Bonchev–Trinajstić information content (AvgIpc) is 3.72. The molecule has 3 heteroatoms. The lowest BCUT2D eigenvalue weighted by Crippen LogP contribution is -1.94. The molecule has 0 aliphatic heterocycles. The van der Waals surface area contributed by atoms with Gasteiger partial charge in [0.2, 0.25) is 0 Å². The lowest BCUT2D eigenvalue weighted by molar-refractivity contribution is 0.671. The van der Waals surface area contributed by atoms with Crippen molar-refractivity contribution in [3.05, 3.63) is 170 Å². The average molecular weight is 613 g/mol. The Kier molecular flexibility index (Phi) is 5.87. The summed E-state index contributed by atoms with van der Waals surface area (Å²) in [5.41, 5.74) is 11.5. The fourth-order valence-electron chi connectivity index (χ4n) is 7.41. The number of fused-ring (bicyclic) bond motifs is 10. The van der Waals surface area contributed by atoms with E-state index in [-0.39, 0.29) is 0 Å². The van der Waals surface area contributed by atoms with Gasteiger partial charge < -0.3 is 8.98 Å².